The van der Waals surface area contributed by atoms with Crippen molar-refractivity contribution in [1.29, 1.82) is 0 Å². The van der Waals surface area contributed by atoms with Crippen molar-refractivity contribution >= 4 is 5.97 Å². The van der Waals surface area contributed by atoms with Crippen molar-refractivity contribution in [1.82, 2.24) is 14.5 Å². The van der Waals surface area contributed by atoms with Gasteiger partial charge < -0.3 is 14.2 Å². The van der Waals surface area contributed by atoms with Gasteiger partial charge in [-0.05, 0) is 0 Å². The first-order chi connectivity index (χ1) is 7.13. The van der Waals surface area contributed by atoms with Crippen LogP contribution < -0.4 is 0 Å². The Balaban J connectivity index is 2.50. The van der Waals surface area contributed by atoms with E-state index in [1.807, 2.05) is 29.8 Å². The molecule has 0 saturated carbocycles. The second kappa shape index (κ2) is 5.19. The second-order valence-corrected chi connectivity index (χ2v) is 3.21. The Kier molecular flexibility index (Phi) is 3.91. The molecule has 1 rings (SSSR count). The number of imidazole rings is 1. The van der Waals surface area contributed by atoms with Crippen LogP contribution in [0.2, 0.25) is 0 Å². The predicted octanol–water partition coefficient (Wildman–Crippen LogP) is 0.539. The molecular formula is C10H15N3O2. The van der Waals surface area contributed by atoms with Crippen molar-refractivity contribution in [3.05, 3.63) is 30.5 Å². The van der Waals surface area contributed by atoms with E-state index >= 15 is 0 Å². The number of carbonyl (C=O) groups is 1. The summed E-state index contributed by atoms with van der Waals surface area (Å²) >= 11 is 0. The number of carbonyl (C=O) groups excluding carboxylic acids is 1. The summed E-state index contributed by atoms with van der Waals surface area (Å²) in [6.45, 7) is 0.650. The minimum atomic E-state index is -0.360. The molecule has 0 amide bonds. The summed E-state index contributed by atoms with van der Waals surface area (Å²) in [6, 6.07) is 0. The van der Waals surface area contributed by atoms with Crippen molar-refractivity contribution < 1.29 is 9.53 Å². The van der Waals surface area contributed by atoms with Crippen LogP contribution in [-0.2, 0) is 23.1 Å². The van der Waals surface area contributed by atoms with Crippen LogP contribution in [0, 0.1) is 0 Å². The summed E-state index contributed by atoms with van der Waals surface area (Å²) in [4.78, 5) is 16.9. The van der Waals surface area contributed by atoms with Crippen LogP contribution in [0.15, 0.2) is 24.7 Å². The number of rotatable bonds is 4. The van der Waals surface area contributed by atoms with E-state index in [2.05, 4.69) is 9.72 Å². The Morgan fingerprint density at radius 2 is 2.47 bits per heavy atom. The van der Waals surface area contributed by atoms with E-state index in [1.165, 1.54) is 13.2 Å². The third-order valence-electron chi connectivity index (χ3n) is 1.98. The van der Waals surface area contributed by atoms with Crippen molar-refractivity contribution in [2.75, 3.05) is 14.2 Å². The van der Waals surface area contributed by atoms with E-state index in [0.29, 0.717) is 6.54 Å². The third kappa shape index (κ3) is 3.46. The summed E-state index contributed by atoms with van der Waals surface area (Å²) in [5.41, 5.74) is 0. The molecule has 0 aliphatic heterocycles. The molecule has 0 radical (unpaired) electrons. The average Bonchev–Trinajstić information content (AvgIpc) is 2.61. The summed E-state index contributed by atoms with van der Waals surface area (Å²) in [5, 5.41) is 0. The molecule has 5 heteroatoms. The van der Waals surface area contributed by atoms with Crippen molar-refractivity contribution in [3.8, 4) is 0 Å². The number of nitrogens with zero attached hydrogens (tertiary/aromatic N) is 3. The quantitative estimate of drug-likeness (QED) is 0.536. The SMILES string of the molecule is COC(=O)C=CN(C)Cc1nccn1C. The first-order valence-corrected chi connectivity index (χ1v) is 4.56. The highest BCUT2D eigenvalue weighted by Gasteiger charge is 2.01. The molecule has 5 nitrogen and oxygen atoms in total. The van der Waals surface area contributed by atoms with Crippen LogP contribution in [0.5, 0.6) is 0 Å². The van der Waals surface area contributed by atoms with Crippen LogP contribution >= 0.6 is 0 Å². The molecule has 0 spiro atoms. The molecule has 0 fully saturated rings. The largest absolute Gasteiger partial charge is 0.466 e. The zero-order valence-corrected chi connectivity index (χ0v) is 9.17. The molecule has 1 aromatic heterocycles. The minimum Gasteiger partial charge on any atom is -0.466 e. The summed E-state index contributed by atoms with van der Waals surface area (Å²) in [6.07, 6.45) is 6.67. The van der Waals surface area contributed by atoms with Gasteiger partial charge in [0.1, 0.15) is 5.82 Å². The summed E-state index contributed by atoms with van der Waals surface area (Å²) in [7, 11) is 5.15. The second-order valence-electron chi connectivity index (χ2n) is 3.21. The smallest absolute Gasteiger partial charge is 0.331 e. The molecule has 0 aliphatic rings. The van der Waals surface area contributed by atoms with Crippen LogP contribution in [0.1, 0.15) is 5.82 Å². The molecule has 0 bridgehead atoms. The number of hydrogen-bond donors (Lipinski definition) is 0. The molecule has 0 aliphatic carbocycles. The Hall–Kier alpha value is -1.78. The fourth-order valence-corrected chi connectivity index (χ4v) is 1.08. The van der Waals surface area contributed by atoms with Gasteiger partial charge in [0.25, 0.3) is 0 Å². The van der Waals surface area contributed by atoms with Gasteiger partial charge in [-0.2, -0.15) is 0 Å². The van der Waals surface area contributed by atoms with Crippen molar-refractivity contribution in [2.45, 2.75) is 6.54 Å². The Bertz CT molecular complexity index is 357. The summed E-state index contributed by atoms with van der Waals surface area (Å²) in [5.74, 6) is 0.578. The Morgan fingerprint density at radius 1 is 1.73 bits per heavy atom. The maximum atomic E-state index is 10.8. The van der Waals surface area contributed by atoms with Crippen molar-refractivity contribution in [3.63, 3.8) is 0 Å². The van der Waals surface area contributed by atoms with E-state index in [9.17, 15) is 4.79 Å². The van der Waals surface area contributed by atoms with Crippen LogP contribution in [0.4, 0.5) is 0 Å². The highest BCUT2D eigenvalue weighted by atomic mass is 16.5. The van der Waals surface area contributed by atoms with Gasteiger partial charge >= 0.3 is 5.97 Å². The lowest BCUT2D eigenvalue weighted by atomic mass is 10.5. The van der Waals surface area contributed by atoms with E-state index in [0.717, 1.165) is 5.82 Å². The molecule has 0 atom stereocenters. The van der Waals surface area contributed by atoms with E-state index in [-0.39, 0.29) is 5.97 Å². The van der Waals surface area contributed by atoms with Gasteiger partial charge in [-0.1, -0.05) is 0 Å². The topological polar surface area (TPSA) is 47.4 Å². The Labute approximate surface area is 89.0 Å². The molecule has 1 heterocycles. The van der Waals surface area contributed by atoms with Gasteiger partial charge in [0, 0.05) is 38.8 Å². The standard InChI is InChI=1S/C10H15N3O2/c1-12(6-4-10(14)15-3)8-9-11-5-7-13(9)2/h4-7H,8H2,1-3H3. The highest BCUT2D eigenvalue weighted by molar-refractivity contribution is 5.81. The number of aromatic nitrogens is 2. The maximum Gasteiger partial charge on any atom is 0.331 e. The fraction of sp³-hybridized carbons (Fsp3) is 0.400. The minimum absolute atomic E-state index is 0.360. The number of hydrogen-bond acceptors (Lipinski definition) is 4. The van der Waals surface area contributed by atoms with E-state index in [4.69, 9.17) is 0 Å². The average molecular weight is 209 g/mol. The normalized spacial score (nSPS) is 10.6. The van der Waals surface area contributed by atoms with Crippen LogP contribution in [0.3, 0.4) is 0 Å². The predicted molar refractivity (Wildman–Crippen MR) is 55.8 cm³/mol. The van der Waals surface area contributed by atoms with E-state index in [1.54, 1.807) is 12.4 Å². The number of esters is 1. The van der Waals surface area contributed by atoms with Gasteiger partial charge in [-0.15, -0.1) is 0 Å². The number of methoxy groups -OCH3 is 1. The van der Waals surface area contributed by atoms with Gasteiger partial charge in [0.15, 0.2) is 0 Å². The lowest BCUT2D eigenvalue weighted by molar-refractivity contribution is -0.134. The molecule has 15 heavy (non-hydrogen) atoms. The molecule has 82 valence electrons. The summed E-state index contributed by atoms with van der Waals surface area (Å²) < 4.78 is 6.42. The lowest BCUT2D eigenvalue weighted by Crippen LogP contribution is -2.14. The number of aryl methyl sites for hydroxylation is 1. The number of ether oxygens (including phenoxy) is 1. The molecule has 0 aromatic carbocycles. The van der Waals surface area contributed by atoms with Gasteiger partial charge in [0.2, 0.25) is 0 Å². The monoisotopic (exact) mass is 209 g/mol. The van der Waals surface area contributed by atoms with E-state index < -0.39 is 0 Å². The first-order valence-electron chi connectivity index (χ1n) is 4.56. The van der Waals surface area contributed by atoms with Gasteiger partial charge in [0.05, 0.1) is 13.7 Å². The fourth-order valence-electron chi connectivity index (χ4n) is 1.08. The zero-order chi connectivity index (χ0) is 11.3. The third-order valence-corrected chi connectivity index (χ3v) is 1.98. The van der Waals surface area contributed by atoms with Crippen molar-refractivity contribution in [2.24, 2.45) is 7.05 Å². The van der Waals surface area contributed by atoms with Crippen LogP contribution in [-0.4, -0.2) is 34.6 Å². The first kappa shape index (κ1) is 11.3. The maximum absolute atomic E-state index is 10.8. The Morgan fingerprint density at radius 3 is 3.00 bits per heavy atom. The molecule has 0 N–H and O–H groups in total. The molecular weight excluding hydrogens is 194 g/mol. The van der Waals surface area contributed by atoms with Gasteiger partial charge in [-0.25, -0.2) is 9.78 Å². The zero-order valence-electron chi connectivity index (χ0n) is 9.17. The van der Waals surface area contributed by atoms with Crippen LogP contribution in [0.25, 0.3) is 0 Å². The molecule has 1 aromatic rings. The lowest BCUT2D eigenvalue weighted by Gasteiger charge is -2.12. The van der Waals surface area contributed by atoms with Gasteiger partial charge in [-0.3, -0.25) is 0 Å². The molecule has 0 unspecified atom stereocenters. The molecule has 0 saturated heterocycles. The highest BCUT2D eigenvalue weighted by Crippen LogP contribution is 1.99.